The van der Waals surface area contributed by atoms with E-state index in [1.165, 1.54) is 6.08 Å². The van der Waals surface area contributed by atoms with Gasteiger partial charge in [0.2, 0.25) is 5.91 Å². The van der Waals surface area contributed by atoms with E-state index in [4.69, 9.17) is 14.2 Å². The molecule has 1 aromatic rings. The first-order chi connectivity index (χ1) is 13.9. The fourth-order valence-electron chi connectivity index (χ4n) is 3.06. The van der Waals surface area contributed by atoms with Gasteiger partial charge in [-0.1, -0.05) is 31.4 Å². The highest BCUT2D eigenvalue weighted by atomic mass is 16.5. The Morgan fingerprint density at radius 3 is 2.45 bits per heavy atom. The Labute approximate surface area is 172 Å². The van der Waals surface area contributed by atoms with Crippen molar-refractivity contribution in [3.8, 4) is 11.5 Å². The number of carbonyl (C=O) groups is 2. The van der Waals surface area contributed by atoms with Crippen LogP contribution in [0.4, 0.5) is 0 Å². The fourth-order valence-corrected chi connectivity index (χ4v) is 3.06. The minimum atomic E-state index is -0.557. The number of carbonyl (C=O) groups excluding carboxylic acids is 2. The second kappa shape index (κ2) is 10.5. The second-order valence-electron chi connectivity index (χ2n) is 7.12. The van der Waals surface area contributed by atoms with E-state index in [9.17, 15) is 9.59 Å². The van der Waals surface area contributed by atoms with Crippen molar-refractivity contribution in [3.63, 3.8) is 0 Å². The van der Waals surface area contributed by atoms with Gasteiger partial charge in [0.1, 0.15) is 13.2 Å². The zero-order valence-electron chi connectivity index (χ0n) is 17.2. The third kappa shape index (κ3) is 5.98. The molecule has 0 N–H and O–H groups in total. The van der Waals surface area contributed by atoms with Gasteiger partial charge >= 0.3 is 5.97 Å². The molecule has 0 spiro atoms. The molecule has 6 nitrogen and oxygen atoms in total. The molecule has 1 amide bonds. The Bertz CT molecular complexity index is 775. The maximum absolute atomic E-state index is 12.5. The average Bonchev–Trinajstić information content (AvgIpc) is 2.74. The highest BCUT2D eigenvalue weighted by molar-refractivity contribution is 5.92. The highest BCUT2D eigenvalue weighted by Crippen LogP contribution is 2.32. The van der Waals surface area contributed by atoms with Crippen LogP contribution in [0.2, 0.25) is 0 Å². The van der Waals surface area contributed by atoms with Gasteiger partial charge in [-0.25, -0.2) is 0 Å². The molecule has 0 aliphatic carbocycles. The lowest BCUT2D eigenvalue weighted by molar-refractivity contribution is -0.157. The maximum atomic E-state index is 12.5. The predicted molar refractivity (Wildman–Crippen MR) is 113 cm³/mol. The summed E-state index contributed by atoms with van der Waals surface area (Å²) in [5.41, 5.74) is 0.272. The van der Waals surface area contributed by atoms with E-state index in [-0.39, 0.29) is 18.5 Å². The van der Waals surface area contributed by atoms with E-state index in [0.29, 0.717) is 44.0 Å². The van der Waals surface area contributed by atoms with E-state index in [1.807, 2.05) is 19.1 Å². The van der Waals surface area contributed by atoms with Crippen LogP contribution in [0.1, 0.15) is 25.3 Å². The number of ether oxygens (including phenoxy) is 3. The molecule has 156 valence electrons. The molecule has 0 aromatic heterocycles. The van der Waals surface area contributed by atoms with E-state index in [0.717, 1.165) is 5.56 Å². The summed E-state index contributed by atoms with van der Waals surface area (Å²) in [6, 6.07) is 5.46. The molecule has 6 heteroatoms. The molecular weight excluding hydrogens is 370 g/mol. The van der Waals surface area contributed by atoms with Crippen molar-refractivity contribution >= 4 is 18.0 Å². The molecule has 2 rings (SSSR count). The van der Waals surface area contributed by atoms with Gasteiger partial charge in [0.25, 0.3) is 0 Å². The third-order valence-corrected chi connectivity index (χ3v) is 4.97. The molecule has 29 heavy (non-hydrogen) atoms. The van der Waals surface area contributed by atoms with E-state index in [2.05, 4.69) is 13.2 Å². The van der Waals surface area contributed by atoms with Crippen LogP contribution in [0.5, 0.6) is 11.5 Å². The van der Waals surface area contributed by atoms with Gasteiger partial charge in [-0.15, -0.1) is 0 Å². The zero-order valence-corrected chi connectivity index (χ0v) is 17.2. The highest BCUT2D eigenvalue weighted by Gasteiger charge is 2.38. The van der Waals surface area contributed by atoms with Crippen molar-refractivity contribution in [3.05, 3.63) is 55.1 Å². The van der Waals surface area contributed by atoms with Crippen molar-refractivity contribution in [1.82, 2.24) is 4.90 Å². The minimum absolute atomic E-state index is 0.0857. The number of methoxy groups -OCH3 is 1. The molecular formula is C23H29NO5. The van der Waals surface area contributed by atoms with Crippen LogP contribution in [0.25, 0.3) is 6.08 Å². The Morgan fingerprint density at radius 2 is 1.83 bits per heavy atom. The predicted octanol–water partition coefficient (Wildman–Crippen LogP) is 3.63. The zero-order chi connectivity index (χ0) is 21.3. The van der Waals surface area contributed by atoms with E-state index < -0.39 is 5.41 Å². The van der Waals surface area contributed by atoms with Crippen LogP contribution in [-0.4, -0.2) is 50.2 Å². The quantitative estimate of drug-likeness (QED) is 0.360. The lowest BCUT2D eigenvalue weighted by Gasteiger charge is -2.37. The van der Waals surface area contributed by atoms with Crippen molar-refractivity contribution in [2.75, 3.05) is 33.4 Å². The number of amides is 1. The molecule has 0 atom stereocenters. The van der Waals surface area contributed by atoms with Crippen LogP contribution < -0.4 is 9.47 Å². The van der Waals surface area contributed by atoms with Crippen LogP contribution in [-0.2, 0) is 14.3 Å². The van der Waals surface area contributed by atoms with Gasteiger partial charge in [-0.3, -0.25) is 9.59 Å². The number of likely N-dealkylation sites (tertiary alicyclic amines) is 1. The number of hydrogen-bond acceptors (Lipinski definition) is 5. The summed E-state index contributed by atoms with van der Waals surface area (Å²) in [5, 5.41) is 0. The third-order valence-electron chi connectivity index (χ3n) is 4.97. The van der Waals surface area contributed by atoms with Gasteiger partial charge in [0.15, 0.2) is 11.5 Å². The lowest BCUT2D eigenvalue weighted by atomic mass is 9.80. The summed E-state index contributed by atoms with van der Waals surface area (Å²) in [4.78, 5) is 26.5. The standard InChI is InChI=1S/C23H29NO5/c1-5-15-28-19-9-7-18(17-20(19)27-4)8-10-21(25)24-13-11-23(3,12-14-24)22(26)29-16-6-2/h5-10,17H,1-2,11-16H2,3-4H3. The molecule has 0 bridgehead atoms. The maximum Gasteiger partial charge on any atom is 0.312 e. The van der Waals surface area contributed by atoms with Crippen LogP contribution in [0.3, 0.4) is 0 Å². The van der Waals surface area contributed by atoms with Gasteiger partial charge in [0, 0.05) is 19.2 Å². The summed E-state index contributed by atoms with van der Waals surface area (Å²) in [6.45, 7) is 10.7. The van der Waals surface area contributed by atoms with E-state index in [1.54, 1.807) is 36.3 Å². The smallest absolute Gasteiger partial charge is 0.312 e. The molecule has 1 aromatic carbocycles. The normalized spacial score (nSPS) is 15.6. The Kier molecular flexibility index (Phi) is 8.07. The molecule has 1 aliphatic heterocycles. The summed E-state index contributed by atoms with van der Waals surface area (Å²) in [7, 11) is 1.57. The van der Waals surface area contributed by atoms with Gasteiger partial charge in [-0.2, -0.15) is 0 Å². The first kappa shape index (κ1) is 22.3. The summed E-state index contributed by atoms with van der Waals surface area (Å²) < 4.78 is 16.1. The SMILES string of the molecule is C=CCOC(=O)C1(C)CCN(C(=O)C=Cc2ccc(OCC=C)c(OC)c2)CC1. The largest absolute Gasteiger partial charge is 0.493 e. The Balaban J connectivity index is 1.95. The molecule has 1 heterocycles. The molecule has 0 unspecified atom stereocenters. The average molecular weight is 399 g/mol. The summed E-state index contributed by atoms with van der Waals surface area (Å²) >= 11 is 0. The van der Waals surface area contributed by atoms with Gasteiger partial charge in [0.05, 0.1) is 12.5 Å². The number of piperidine rings is 1. The topological polar surface area (TPSA) is 65.1 Å². The van der Waals surface area contributed by atoms with Crippen molar-refractivity contribution < 1.29 is 23.8 Å². The molecule has 1 fully saturated rings. The summed E-state index contributed by atoms with van der Waals surface area (Å²) in [6.07, 6.45) is 7.65. The van der Waals surface area contributed by atoms with Crippen LogP contribution in [0.15, 0.2) is 49.6 Å². The van der Waals surface area contributed by atoms with Gasteiger partial charge < -0.3 is 19.1 Å². The van der Waals surface area contributed by atoms with Crippen molar-refractivity contribution in [1.29, 1.82) is 0 Å². The van der Waals surface area contributed by atoms with Crippen molar-refractivity contribution in [2.24, 2.45) is 5.41 Å². The van der Waals surface area contributed by atoms with Gasteiger partial charge in [-0.05, 0) is 43.5 Å². The minimum Gasteiger partial charge on any atom is -0.493 e. The fraction of sp³-hybridized carbons (Fsp3) is 0.391. The monoisotopic (exact) mass is 399 g/mol. The molecule has 1 saturated heterocycles. The molecule has 1 aliphatic rings. The Morgan fingerprint density at radius 1 is 1.14 bits per heavy atom. The van der Waals surface area contributed by atoms with Crippen molar-refractivity contribution in [2.45, 2.75) is 19.8 Å². The number of hydrogen-bond donors (Lipinski definition) is 0. The first-order valence-electron chi connectivity index (χ1n) is 9.60. The number of esters is 1. The first-order valence-corrected chi connectivity index (χ1v) is 9.60. The van der Waals surface area contributed by atoms with Crippen LogP contribution >= 0.6 is 0 Å². The molecule has 0 radical (unpaired) electrons. The van der Waals surface area contributed by atoms with Crippen LogP contribution in [0, 0.1) is 5.41 Å². The Hall–Kier alpha value is -3.02. The number of benzene rings is 1. The second-order valence-corrected chi connectivity index (χ2v) is 7.12. The van der Waals surface area contributed by atoms with E-state index >= 15 is 0 Å². The number of nitrogens with zero attached hydrogens (tertiary/aromatic N) is 1. The lowest BCUT2D eigenvalue weighted by Crippen LogP contribution is -2.45. The summed E-state index contributed by atoms with van der Waals surface area (Å²) in [5.74, 6) is 0.895. The molecule has 0 saturated carbocycles. The number of rotatable bonds is 9.